The number of ether oxygens (including phenoxy) is 4. The highest BCUT2D eigenvalue weighted by Crippen LogP contribution is 2.32. The second-order valence-corrected chi connectivity index (χ2v) is 9.44. The lowest BCUT2D eigenvalue weighted by Gasteiger charge is -2.30. The van der Waals surface area contributed by atoms with Gasteiger partial charge >= 0.3 is 0 Å². The lowest BCUT2D eigenvalue weighted by Crippen LogP contribution is -2.37. The molecule has 6 heteroatoms. The monoisotopic (exact) mass is 541 g/mol. The molecule has 1 saturated heterocycles. The minimum absolute atomic E-state index is 0.0444. The topological polar surface area (TPSA) is 57.2 Å². The van der Waals surface area contributed by atoms with E-state index in [-0.39, 0.29) is 5.78 Å². The number of piperidine rings is 1. The number of hydrogen-bond donors (Lipinski definition) is 0. The van der Waals surface area contributed by atoms with Crippen molar-refractivity contribution in [3.8, 4) is 23.0 Å². The normalized spacial score (nSPS) is 15.8. The highest BCUT2D eigenvalue weighted by Gasteiger charge is 2.26. The zero-order valence-electron chi connectivity index (χ0n) is 23.9. The third-order valence-corrected chi connectivity index (χ3v) is 6.44. The van der Waals surface area contributed by atoms with Gasteiger partial charge in [-0.15, -0.1) is 0 Å². The van der Waals surface area contributed by atoms with E-state index in [1.54, 1.807) is 0 Å². The van der Waals surface area contributed by atoms with E-state index >= 15 is 0 Å². The molecule has 0 spiro atoms. The van der Waals surface area contributed by atoms with Crippen molar-refractivity contribution in [3.63, 3.8) is 0 Å². The van der Waals surface area contributed by atoms with E-state index in [0.29, 0.717) is 62.5 Å². The van der Waals surface area contributed by atoms with Crippen LogP contribution in [0.3, 0.4) is 0 Å². The van der Waals surface area contributed by atoms with Crippen molar-refractivity contribution in [2.24, 2.45) is 0 Å². The molecule has 3 aromatic rings. The molecule has 0 amide bonds. The van der Waals surface area contributed by atoms with Gasteiger partial charge in [-0.2, -0.15) is 0 Å². The molecule has 6 nitrogen and oxygen atoms in total. The van der Waals surface area contributed by atoms with E-state index in [9.17, 15) is 4.79 Å². The highest BCUT2D eigenvalue weighted by atomic mass is 16.5. The summed E-state index contributed by atoms with van der Waals surface area (Å²) < 4.78 is 23.1. The molecule has 0 atom stereocenters. The number of hydrogen-bond acceptors (Lipinski definition) is 6. The maximum atomic E-state index is 13.8. The Morgan fingerprint density at radius 3 is 1.52 bits per heavy atom. The highest BCUT2D eigenvalue weighted by molar-refractivity contribution is 6.14. The number of carbonyl (C=O) groups is 1. The van der Waals surface area contributed by atoms with Gasteiger partial charge in [0.25, 0.3) is 0 Å². The van der Waals surface area contributed by atoms with Gasteiger partial charge < -0.3 is 18.9 Å². The third-order valence-electron chi connectivity index (χ3n) is 6.44. The van der Waals surface area contributed by atoms with E-state index in [4.69, 9.17) is 18.9 Å². The fourth-order valence-electron chi connectivity index (χ4n) is 4.78. The van der Waals surface area contributed by atoms with Gasteiger partial charge in [-0.25, -0.2) is 0 Å². The summed E-state index contributed by atoms with van der Waals surface area (Å²) in [6, 6.07) is 22.0. The van der Waals surface area contributed by atoms with Gasteiger partial charge in [-0.1, -0.05) is 42.5 Å². The fourth-order valence-corrected chi connectivity index (χ4v) is 4.78. The maximum absolute atomic E-state index is 13.8. The van der Waals surface area contributed by atoms with Crippen LogP contribution in [0.1, 0.15) is 44.4 Å². The third kappa shape index (κ3) is 7.54. The molecule has 0 aliphatic carbocycles. The summed E-state index contributed by atoms with van der Waals surface area (Å²) in [5, 5.41) is 0. The Hall–Kier alpha value is -4.03. The molecule has 1 aliphatic rings. The van der Waals surface area contributed by atoms with Crippen LogP contribution in [0, 0.1) is 0 Å². The Morgan fingerprint density at radius 2 is 1.07 bits per heavy atom. The number of Topliss-reactive ketones (excluding diaryl/α,β-unsaturated/α-hetero) is 1. The second-order valence-electron chi connectivity index (χ2n) is 9.44. The number of carbonyl (C=O) groups excluding carboxylic acids is 1. The van der Waals surface area contributed by atoms with Crippen LogP contribution in [-0.4, -0.2) is 50.2 Å². The summed E-state index contributed by atoms with van der Waals surface area (Å²) in [5.41, 5.74) is 4.47. The van der Waals surface area contributed by atoms with Gasteiger partial charge in [0.1, 0.15) is 0 Å². The molecule has 0 saturated carbocycles. The van der Waals surface area contributed by atoms with E-state index in [0.717, 1.165) is 28.8 Å². The first-order valence-electron chi connectivity index (χ1n) is 14.1. The summed E-state index contributed by atoms with van der Waals surface area (Å²) in [6.45, 7) is 11.8. The molecule has 0 bridgehead atoms. The summed E-state index contributed by atoms with van der Waals surface area (Å²) in [5.74, 6) is 2.80. The molecule has 4 rings (SSSR count). The SMILES string of the molecule is CCOc1ccc(/C=C2/CN(Cc3ccccc3)C/C(=C\c3ccc(OCC)c(OCC)c3)C2=O)cc1OCC. The molecule has 0 unspecified atom stereocenters. The van der Waals surface area contributed by atoms with Crippen molar-refractivity contribution in [2.75, 3.05) is 39.5 Å². The Kier molecular flexibility index (Phi) is 10.4. The van der Waals surface area contributed by atoms with Crippen LogP contribution in [0.25, 0.3) is 12.2 Å². The Labute approximate surface area is 237 Å². The molecule has 1 aliphatic heterocycles. The van der Waals surface area contributed by atoms with Crippen LogP contribution in [0.2, 0.25) is 0 Å². The Morgan fingerprint density at radius 1 is 0.625 bits per heavy atom. The van der Waals surface area contributed by atoms with Crippen LogP contribution in [0.5, 0.6) is 23.0 Å². The first kappa shape index (κ1) is 29.0. The maximum Gasteiger partial charge on any atom is 0.187 e. The van der Waals surface area contributed by atoms with Crippen LogP contribution >= 0.6 is 0 Å². The predicted molar refractivity (Wildman–Crippen MR) is 160 cm³/mol. The van der Waals surface area contributed by atoms with Crippen molar-refractivity contribution in [1.29, 1.82) is 0 Å². The lowest BCUT2D eigenvalue weighted by molar-refractivity contribution is -0.113. The molecule has 1 fully saturated rings. The molecule has 3 aromatic carbocycles. The van der Waals surface area contributed by atoms with Crippen LogP contribution in [-0.2, 0) is 11.3 Å². The smallest absolute Gasteiger partial charge is 0.187 e. The number of likely N-dealkylation sites (tertiary alicyclic amines) is 1. The molecule has 0 radical (unpaired) electrons. The average Bonchev–Trinajstić information content (AvgIpc) is 2.95. The molecular weight excluding hydrogens is 502 g/mol. The first-order valence-corrected chi connectivity index (χ1v) is 14.1. The van der Waals surface area contributed by atoms with Crippen molar-refractivity contribution in [3.05, 3.63) is 94.6 Å². The van der Waals surface area contributed by atoms with Gasteiger partial charge in [0.05, 0.1) is 26.4 Å². The predicted octanol–water partition coefficient (Wildman–Crippen LogP) is 6.83. The fraction of sp³-hybridized carbons (Fsp3) is 0.324. The van der Waals surface area contributed by atoms with Crippen molar-refractivity contribution >= 4 is 17.9 Å². The Bertz CT molecular complexity index is 1260. The summed E-state index contributed by atoms with van der Waals surface area (Å²) in [7, 11) is 0. The van der Waals surface area contributed by atoms with E-state index in [1.165, 1.54) is 5.56 Å². The summed E-state index contributed by atoms with van der Waals surface area (Å²) >= 11 is 0. The van der Waals surface area contributed by atoms with Gasteiger partial charge in [-0.05, 0) is 80.8 Å². The molecule has 1 heterocycles. The van der Waals surface area contributed by atoms with Crippen molar-refractivity contribution in [2.45, 2.75) is 34.2 Å². The van der Waals surface area contributed by atoms with Gasteiger partial charge in [-0.3, -0.25) is 9.69 Å². The largest absolute Gasteiger partial charge is 0.490 e. The number of rotatable bonds is 12. The van der Waals surface area contributed by atoms with E-state index in [2.05, 4.69) is 17.0 Å². The molecule has 0 aromatic heterocycles. The van der Waals surface area contributed by atoms with Gasteiger partial charge in [0.15, 0.2) is 28.8 Å². The quantitative estimate of drug-likeness (QED) is 0.234. The molecule has 0 N–H and O–H groups in total. The zero-order valence-corrected chi connectivity index (χ0v) is 23.9. The summed E-state index contributed by atoms with van der Waals surface area (Å²) in [6.07, 6.45) is 3.94. The zero-order chi connectivity index (χ0) is 28.3. The number of nitrogens with zero attached hydrogens (tertiary/aromatic N) is 1. The van der Waals surface area contributed by atoms with Crippen LogP contribution < -0.4 is 18.9 Å². The van der Waals surface area contributed by atoms with Crippen LogP contribution in [0.4, 0.5) is 0 Å². The molecule has 40 heavy (non-hydrogen) atoms. The minimum Gasteiger partial charge on any atom is -0.490 e. The number of benzene rings is 3. The molecule has 210 valence electrons. The second kappa shape index (κ2) is 14.4. The van der Waals surface area contributed by atoms with Crippen molar-refractivity contribution < 1.29 is 23.7 Å². The lowest BCUT2D eigenvalue weighted by atomic mass is 9.93. The summed E-state index contributed by atoms with van der Waals surface area (Å²) in [4.78, 5) is 16.1. The van der Waals surface area contributed by atoms with E-state index < -0.39 is 0 Å². The van der Waals surface area contributed by atoms with Crippen molar-refractivity contribution in [1.82, 2.24) is 4.90 Å². The average molecular weight is 542 g/mol. The number of ketones is 1. The standard InChI is InChI=1S/C34H39NO5/c1-5-37-30-16-14-26(20-32(30)39-7-3)18-28-23-35(22-25-12-10-9-11-13-25)24-29(34(28)36)19-27-15-17-31(38-6-2)33(21-27)40-8-4/h9-21H,5-8,22-24H2,1-4H3/b28-18-,29-19+. The molecular formula is C34H39NO5. The van der Waals surface area contributed by atoms with E-state index in [1.807, 2.05) is 94.4 Å². The van der Waals surface area contributed by atoms with Crippen LogP contribution in [0.15, 0.2) is 77.9 Å². The van der Waals surface area contributed by atoms with Gasteiger partial charge in [0, 0.05) is 30.8 Å². The Balaban J connectivity index is 1.70. The minimum atomic E-state index is 0.0444. The van der Waals surface area contributed by atoms with Gasteiger partial charge in [0.2, 0.25) is 0 Å². The first-order chi connectivity index (χ1) is 19.5.